The second-order valence-electron chi connectivity index (χ2n) is 3.74. The molecule has 0 saturated carbocycles. The molecule has 0 bridgehead atoms. The number of hydrogen-bond donors (Lipinski definition) is 2. The number of aliphatic hydroxyl groups is 1. The second-order valence-corrected chi connectivity index (χ2v) is 3.74. The summed E-state index contributed by atoms with van der Waals surface area (Å²) >= 11 is 0. The molecule has 84 valence electrons. The molecule has 14 heavy (non-hydrogen) atoms. The Morgan fingerprint density at radius 2 is 2.50 bits per heavy atom. The summed E-state index contributed by atoms with van der Waals surface area (Å²) in [5.74, 6) is 0.304. The zero-order valence-electron chi connectivity index (χ0n) is 8.87. The molecule has 2 unspecified atom stereocenters. The number of ether oxygens (including phenoxy) is 2. The molecular formula is C10H21NO3. The van der Waals surface area contributed by atoms with Crippen LogP contribution in [0.15, 0.2) is 0 Å². The molecular weight excluding hydrogens is 182 g/mol. The van der Waals surface area contributed by atoms with Crippen LogP contribution in [0.5, 0.6) is 0 Å². The first-order chi connectivity index (χ1) is 6.84. The zero-order chi connectivity index (χ0) is 10.2. The van der Waals surface area contributed by atoms with Crippen LogP contribution in [0, 0.1) is 5.92 Å². The van der Waals surface area contributed by atoms with E-state index in [-0.39, 0.29) is 6.10 Å². The first kappa shape index (κ1) is 11.9. The van der Waals surface area contributed by atoms with Crippen LogP contribution in [-0.4, -0.2) is 51.2 Å². The van der Waals surface area contributed by atoms with Crippen molar-refractivity contribution in [2.45, 2.75) is 18.9 Å². The van der Waals surface area contributed by atoms with E-state index in [9.17, 15) is 5.11 Å². The van der Waals surface area contributed by atoms with E-state index in [4.69, 9.17) is 9.47 Å². The summed E-state index contributed by atoms with van der Waals surface area (Å²) in [6, 6.07) is 0. The third-order valence-electron chi connectivity index (χ3n) is 2.58. The lowest BCUT2D eigenvalue weighted by Gasteiger charge is -2.26. The van der Waals surface area contributed by atoms with Gasteiger partial charge in [-0.25, -0.2) is 0 Å². The van der Waals surface area contributed by atoms with Crippen LogP contribution in [0.25, 0.3) is 0 Å². The molecule has 1 aliphatic rings. The number of hydrogen-bond acceptors (Lipinski definition) is 4. The standard InChI is InChI=1S/C10H21NO3/c1-13-6-4-11-7-10(12)9-3-2-5-14-8-9/h9-12H,2-8H2,1H3. The molecule has 0 aromatic rings. The minimum atomic E-state index is -0.285. The van der Waals surface area contributed by atoms with Gasteiger partial charge < -0.3 is 19.9 Å². The Bertz CT molecular complexity index is 137. The van der Waals surface area contributed by atoms with Gasteiger partial charge in [-0.05, 0) is 12.8 Å². The molecule has 4 heteroatoms. The van der Waals surface area contributed by atoms with Crippen molar-refractivity contribution in [2.75, 3.05) is 40.0 Å². The zero-order valence-corrected chi connectivity index (χ0v) is 8.87. The second kappa shape index (κ2) is 7.17. The summed E-state index contributed by atoms with van der Waals surface area (Å²) in [4.78, 5) is 0. The molecule has 0 amide bonds. The third kappa shape index (κ3) is 4.37. The van der Waals surface area contributed by atoms with E-state index in [0.29, 0.717) is 25.7 Å². The number of rotatable bonds is 6. The minimum absolute atomic E-state index is 0.285. The van der Waals surface area contributed by atoms with Gasteiger partial charge in [0.15, 0.2) is 0 Å². The fourth-order valence-electron chi connectivity index (χ4n) is 1.66. The average Bonchev–Trinajstić information content (AvgIpc) is 2.25. The Balaban J connectivity index is 2.04. The first-order valence-electron chi connectivity index (χ1n) is 5.30. The Morgan fingerprint density at radius 1 is 1.64 bits per heavy atom. The van der Waals surface area contributed by atoms with Crippen molar-refractivity contribution in [2.24, 2.45) is 5.92 Å². The van der Waals surface area contributed by atoms with Crippen LogP contribution in [0.2, 0.25) is 0 Å². The summed E-state index contributed by atoms with van der Waals surface area (Å²) in [5.41, 5.74) is 0. The molecule has 0 aliphatic carbocycles. The molecule has 2 atom stereocenters. The van der Waals surface area contributed by atoms with E-state index in [0.717, 1.165) is 26.0 Å². The van der Waals surface area contributed by atoms with E-state index >= 15 is 0 Å². The highest BCUT2D eigenvalue weighted by molar-refractivity contribution is 4.73. The van der Waals surface area contributed by atoms with Gasteiger partial charge in [0.2, 0.25) is 0 Å². The summed E-state index contributed by atoms with van der Waals surface area (Å²) in [5, 5.41) is 12.9. The van der Waals surface area contributed by atoms with Gasteiger partial charge in [-0.2, -0.15) is 0 Å². The van der Waals surface area contributed by atoms with Crippen molar-refractivity contribution in [3.63, 3.8) is 0 Å². The van der Waals surface area contributed by atoms with Crippen LogP contribution < -0.4 is 5.32 Å². The Labute approximate surface area is 85.6 Å². The van der Waals surface area contributed by atoms with Crippen LogP contribution in [0.1, 0.15) is 12.8 Å². The van der Waals surface area contributed by atoms with E-state index in [1.165, 1.54) is 0 Å². The molecule has 1 saturated heterocycles. The first-order valence-corrected chi connectivity index (χ1v) is 5.30. The molecule has 1 rings (SSSR count). The van der Waals surface area contributed by atoms with Crippen molar-refractivity contribution < 1.29 is 14.6 Å². The lowest BCUT2D eigenvalue weighted by molar-refractivity contribution is -0.00853. The molecule has 4 nitrogen and oxygen atoms in total. The maximum atomic E-state index is 9.79. The predicted molar refractivity (Wildman–Crippen MR) is 54.3 cm³/mol. The minimum Gasteiger partial charge on any atom is -0.391 e. The lowest BCUT2D eigenvalue weighted by atomic mass is 9.96. The van der Waals surface area contributed by atoms with Crippen LogP contribution in [0.4, 0.5) is 0 Å². The molecule has 0 aromatic carbocycles. The largest absolute Gasteiger partial charge is 0.391 e. The van der Waals surface area contributed by atoms with Gasteiger partial charge in [0.1, 0.15) is 0 Å². The fraction of sp³-hybridized carbons (Fsp3) is 1.00. The number of aliphatic hydroxyl groups excluding tert-OH is 1. The Hall–Kier alpha value is -0.160. The highest BCUT2D eigenvalue weighted by Gasteiger charge is 2.21. The van der Waals surface area contributed by atoms with Crippen molar-refractivity contribution >= 4 is 0 Å². The lowest BCUT2D eigenvalue weighted by Crippen LogP contribution is -2.38. The van der Waals surface area contributed by atoms with Crippen molar-refractivity contribution in [3.05, 3.63) is 0 Å². The maximum Gasteiger partial charge on any atom is 0.0714 e. The average molecular weight is 203 g/mol. The molecule has 0 aromatic heterocycles. The van der Waals surface area contributed by atoms with Crippen LogP contribution >= 0.6 is 0 Å². The van der Waals surface area contributed by atoms with Crippen molar-refractivity contribution in [3.8, 4) is 0 Å². The Kier molecular flexibility index (Phi) is 6.10. The SMILES string of the molecule is COCCNCC(O)C1CCCOC1. The molecule has 1 aliphatic heterocycles. The topological polar surface area (TPSA) is 50.7 Å². The summed E-state index contributed by atoms with van der Waals surface area (Å²) in [7, 11) is 1.67. The molecule has 2 N–H and O–H groups in total. The van der Waals surface area contributed by atoms with Gasteiger partial charge >= 0.3 is 0 Å². The van der Waals surface area contributed by atoms with Gasteiger partial charge in [0.05, 0.1) is 19.3 Å². The molecule has 1 heterocycles. The van der Waals surface area contributed by atoms with E-state index in [1.807, 2.05) is 0 Å². The fourth-order valence-corrected chi connectivity index (χ4v) is 1.66. The van der Waals surface area contributed by atoms with E-state index in [1.54, 1.807) is 7.11 Å². The summed E-state index contributed by atoms with van der Waals surface area (Å²) in [6.07, 6.45) is 1.86. The van der Waals surface area contributed by atoms with Gasteiger partial charge in [0, 0.05) is 32.7 Å². The van der Waals surface area contributed by atoms with Crippen molar-refractivity contribution in [1.29, 1.82) is 0 Å². The van der Waals surface area contributed by atoms with Crippen LogP contribution in [-0.2, 0) is 9.47 Å². The van der Waals surface area contributed by atoms with Gasteiger partial charge in [-0.15, -0.1) is 0 Å². The van der Waals surface area contributed by atoms with E-state index in [2.05, 4.69) is 5.32 Å². The monoisotopic (exact) mass is 203 g/mol. The van der Waals surface area contributed by atoms with Gasteiger partial charge in [-0.1, -0.05) is 0 Å². The molecule has 0 spiro atoms. The smallest absolute Gasteiger partial charge is 0.0714 e. The summed E-state index contributed by atoms with van der Waals surface area (Å²) in [6.45, 7) is 3.67. The van der Waals surface area contributed by atoms with Gasteiger partial charge in [0.25, 0.3) is 0 Å². The third-order valence-corrected chi connectivity index (χ3v) is 2.58. The highest BCUT2D eigenvalue weighted by Crippen LogP contribution is 2.16. The quantitative estimate of drug-likeness (QED) is 0.597. The van der Waals surface area contributed by atoms with E-state index < -0.39 is 0 Å². The van der Waals surface area contributed by atoms with Crippen molar-refractivity contribution in [1.82, 2.24) is 5.32 Å². The molecule has 1 fully saturated rings. The number of methoxy groups -OCH3 is 1. The highest BCUT2D eigenvalue weighted by atomic mass is 16.5. The van der Waals surface area contributed by atoms with Gasteiger partial charge in [-0.3, -0.25) is 0 Å². The molecule has 0 radical (unpaired) electrons. The number of nitrogens with one attached hydrogen (secondary N) is 1. The summed E-state index contributed by atoms with van der Waals surface area (Å²) < 4.78 is 10.2. The predicted octanol–water partition coefficient (Wildman–Crippen LogP) is 0.00990. The van der Waals surface area contributed by atoms with Crippen LogP contribution in [0.3, 0.4) is 0 Å². The maximum absolute atomic E-state index is 9.79. The Morgan fingerprint density at radius 3 is 3.14 bits per heavy atom. The normalized spacial score (nSPS) is 24.9.